The minimum atomic E-state index is -1.01. The van der Waals surface area contributed by atoms with Gasteiger partial charge < -0.3 is 28.3 Å². The number of carboxylic acids is 1. The lowest BCUT2D eigenvalue weighted by atomic mass is 10.1. The maximum Gasteiger partial charge on any atom is 0.0786 e. The molecule has 1 saturated heterocycles. The minimum Gasteiger partial charge on any atom is -1.00 e. The summed E-state index contributed by atoms with van der Waals surface area (Å²) in [5.41, 5.74) is 0. The summed E-state index contributed by atoms with van der Waals surface area (Å²) in [7, 11) is 0. The Bertz CT molecular complexity index is 473. The molecule has 0 saturated carbocycles. The maximum absolute atomic E-state index is 9.96. The molecule has 6 heteroatoms. The summed E-state index contributed by atoms with van der Waals surface area (Å²) >= 11 is 0. The van der Waals surface area contributed by atoms with E-state index in [-0.39, 0.29) is 17.2 Å². The largest absolute Gasteiger partial charge is 1.00 e. The van der Waals surface area contributed by atoms with E-state index in [0.717, 1.165) is 12.8 Å². The van der Waals surface area contributed by atoms with Crippen molar-refractivity contribution in [3.63, 3.8) is 0 Å². The zero-order chi connectivity index (χ0) is 32.7. The summed E-state index contributed by atoms with van der Waals surface area (Å²) in [4.78, 5) is 9.96. The molecule has 0 aromatic carbocycles. The number of aliphatic carboxylic acids is 1. The molecular formula is C38H81FN2O3. The fraction of sp³-hybridized carbons (Fsp3) is 0.974. The van der Waals surface area contributed by atoms with Gasteiger partial charge in [0.2, 0.25) is 0 Å². The first-order valence-corrected chi connectivity index (χ1v) is 19.3. The molecule has 1 aliphatic rings. The van der Waals surface area contributed by atoms with Crippen molar-refractivity contribution in [2.24, 2.45) is 0 Å². The molecule has 1 aliphatic heterocycles. The van der Waals surface area contributed by atoms with E-state index in [2.05, 4.69) is 55.4 Å². The smallest absolute Gasteiger partial charge is 0.0786 e. The van der Waals surface area contributed by atoms with Crippen molar-refractivity contribution in [3.05, 3.63) is 0 Å². The molecule has 0 aliphatic carbocycles. The third-order valence-corrected chi connectivity index (χ3v) is 9.31. The van der Waals surface area contributed by atoms with Crippen molar-refractivity contribution < 1.29 is 28.3 Å². The first kappa shape index (κ1) is 47.7. The lowest BCUT2D eigenvalue weighted by molar-refractivity contribution is -0.929. The van der Waals surface area contributed by atoms with E-state index in [0.29, 0.717) is 6.61 Å². The van der Waals surface area contributed by atoms with Crippen molar-refractivity contribution >= 4 is 5.97 Å². The molecular weight excluding hydrogens is 551 g/mol. The van der Waals surface area contributed by atoms with E-state index in [1.807, 2.05) is 0 Å². The maximum atomic E-state index is 9.96. The van der Waals surface area contributed by atoms with Crippen LogP contribution in [0.5, 0.6) is 0 Å². The van der Waals surface area contributed by atoms with Crippen LogP contribution in [0.1, 0.15) is 177 Å². The summed E-state index contributed by atoms with van der Waals surface area (Å²) in [6, 6.07) is 0. The number of halogens is 1. The Hall–Kier alpha value is -0.720. The van der Waals surface area contributed by atoms with Crippen molar-refractivity contribution in [2.45, 2.75) is 183 Å². The summed E-state index contributed by atoms with van der Waals surface area (Å²) < 4.78 is 7.88. The molecule has 0 aromatic heterocycles. The van der Waals surface area contributed by atoms with Crippen LogP contribution < -0.4 is 9.81 Å². The normalized spacial score (nSPS) is 14.7. The molecule has 1 heterocycles. The predicted molar refractivity (Wildman–Crippen MR) is 187 cm³/mol. The van der Waals surface area contributed by atoms with Crippen LogP contribution in [-0.4, -0.2) is 80.0 Å². The first-order valence-electron chi connectivity index (χ1n) is 19.3. The summed E-state index contributed by atoms with van der Waals surface area (Å²) in [5.74, 6) is -1.01. The second-order valence-electron chi connectivity index (χ2n) is 13.5. The molecule has 1 unspecified atom stereocenters. The Morgan fingerprint density at radius 3 is 0.955 bits per heavy atom. The average molecular weight is 633 g/mol. The number of carbonyl (C=O) groups excluding carboxylic acids is 1. The molecule has 1 fully saturated rings. The van der Waals surface area contributed by atoms with Crippen molar-refractivity contribution in [1.82, 2.24) is 0 Å². The number of carbonyl (C=O) groups is 1. The van der Waals surface area contributed by atoms with Gasteiger partial charge in [-0.25, -0.2) is 0 Å². The van der Waals surface area contributed by atoms with Gasteiger partial charge in [0.05, 0.1) is 58.5 Å². The number of hydrogen-bond acceptors (Lipinski definition) is 3. The molecule has 0 amide bonds. The highest BCUT2D eigenvalue weighted by molar-refractivity contribution is 5.64. The van der Waals surface area contributed by atoms with Crippen LogP contribution in [0.25, 0.3) is 0 Å². The van der Waals surface area contributed by atoms with Gasteiger partial charge in [0.25, 0.3) is 0 Å². The van der Waals surface area contributed by atoms with Crippen molar-refractivity contribution in [3.8, 4) is 0 Å². The number of quaternary nitrogens is 2. The van der Waals surface area contributed by atoms with E-state index < -0.39 is 5.97 Å². The highest BCUT2D eigenvalue weighted by atomic mass is 19.0. The Morgan fingerprint density at radius 1 is 0.545 bits per heavy atom. The SMILES string of the molecule is CCCC[N+](CCCC)(CCCC)CCCC.CCCC[N+](CCCC)(CCCC)CCCC.O=C([O-])CC1CCCO1.[F-]. The Kier molecular flexibility index (Phi) is 36.5. The number of unbranched alkanes of at least 4 members (excludes halogenated alkanes) is 8. The van der Waals surface area contributed by atoms with Crippen LogP contribution in [0.2, 0.25) is 0 Å². The number of carboxylic acid groups (broad SMARTS) is 1. The molecule has 0 N–H and O–H groups in total. The van der Waals surface area contributed by atoms with Crippen molar-refractivity contribution in [1.29, 1.82) is 0 Å². The molecule has 0 aromatic rings. The highest BCUT2D eigenvalue weighted by Crippen LogP contribution is 2.18. The fourth-order valence-corrected chi connectivity index (χ4v) is 6.28. The van der Waals surface area contributed by atoms with Gasteiger partial charge in [0.1, 0.15) is 0 Å². The monoisotopic (exact) mass is 633 g/mol. The van der Waals surface area contributed by atoms with Gasteiger partial charge in [0, 0.05) is 19.0 Å². The lowest BCUT2D eigenvalue weighted by Gasteiger charge is -2.39. The first-order chi connectivity index (χ1) is 20.8. The molecule has 0 bridgehead atoms. The van der Waals surface area contributed by atoms with Crippen LogP contribution in [0, 0.1) is 0 Å². The molecule has 0 radical (unpaired) electrons. The minimum absolute atomic E-state index is 0. The summed E-state index contributed by atoms with van der Waals surface area (Å²) in [6.07, 6.45) is 24.0. The molecule has 268 valence electrons. The van der Waals surface area contributed by atoms with Crippen molar-refractivity contribution in [2.75, 3.05) is 59.0 Å². The molecule has 1 atom stereocenters. The molecule has 44 heavy (non-hydrogen) atoms. The number of rotatable bonds is 26. The zero-order valence-electron chi connectivity index (χ0n) is 31.4. The summed E-state index contributed by atoms with van der Waals surface area (Å²) in [5, 5.41) is 9.96. The standard InChI is InChI=1S/2C16H36N.C6H10O3.FH/c2*1-5-9-13-17(14-10-6-2,15-11-7-3)16-12-8-4;7-6(8)4-5-2-1-3-9-5;/h2*5-16H2,1-4H3;5H,1-4H2,(H,7,8);1H/q2*+1;;/p-2. The highest BCUT2D eigenvalue weighted by Gasteiger charge is 2.25. The summed E-state index contributed by atoms with van der Waals surface area (Å²) in [6.45, 7) is 30.7. The van der Waals surface area contributed by atoms with Crippen LogP contribution in [0.3, 0.4) is 0 Å². The van der Waals surface area contributed by atoms with Gasteiger partial charge in [-0.05, 0) is 64.2 Å². The Labute approximate surface area is 276 Å². The topological polar surface area (TPSA) is 49.4 Å². The number of ether oxygens (including phenoxy) is 1. The zero-order valence-corrected chi connectivity index (χ0v) is 31.4. The quantitative estimate of drug-likeness (QED) is 0.105. The van der Waals surface area contributed by atoms with Gasteiger partial charge >= 0.3 is 0 Å². The number of hydrogen-bond donors (Lipinski definition) is 0. The van der Waals surface area contributed by atoms with E-state index in [1.165, 1.54) is 164 Å². The van der Waals surface area contributed by atoms with Gasteiger partial charge in [0.15, 0.2) is 0 Å². The van der Waals surface area contributed by atoms with Gasteiger partial charge in [-0.15, -0.1) is 0 Å². The lowest BCUT2D eigenvalue weighted by Crippen LogP contribution is -3.00. The van der Waals surface area contributed by atoms with E-state index in [4.69, 9.17) is 4.74 Å². The predicted octanol–water partition coefficient (Wildman–Crippen LogP) is 6.32. The third-order valence-electron chi connectivity index (χ3n) is 9.31. The van der Waals surface area contributed by atoms with E-state index in [9.17, 15) is 9.90 Å². The van der Waals surface area contributed by atoms with Gasteiger partial charge in [-0.3, -0.25) is 0 Å². The molecule has 0 spiro atoms. The Balaban J connectivity index is -0.000000591. The van der Waals surface area contributed by atoms with Crippen LogP contribution in [0.4, 0.5) is 0 Å². The van der Waals surface area contributed by atoms with E-state index in [1.54, 1.807) is 0 Å². The average Bonchev–Trinajstić information content (AvgIpc) is 3.53. The molecule has 5 nitrogen and oxygen atoms in total. The van der Waals surface area contributed by atoms with Gasteiger partial charge in [-0.2, -0.15) is 0 Å². The second kappa shape index (κ2) is 33.6. The van der Waals surface area contributed by atoms with Crippen LogP contribution in [-0.2, 0) is 9.53 Å². The molecule has 1 rings (SSSR count). The Morgan fingerprint density at radius 2 is 0.795 bits per heavy atom. The van der Waals surface area contributed by atoms with E-state index >= 15 is 0 Å². The number of nitrogens with zero attached hydrogens (tertiary/aromatic N) is 2. The second-order valence-corrected chi connectivity index (χ2v) is 13.5. The van der Waals surface area contributed by atoms with Crippen LogP contribution in [0.15, 0.2) is 0 Å². The van der Waals surface area contributed by atoms with Crippen LogP contribution >= 0.6 is 0 Å². The van der Waals surface area contributed by atoms with Gasteiger partial charge in [-0.1, -0.05) is 107 Å². The fourth-order valence-electron chi connectivity index (χ4n) is 6.28. The third kappa shape index (κ3) is 26.5.